The number of benzene rings is 2. The van der Waals surface area contributed by atoms with E-state index in [1.165, 1.54) is 14.8 Å². The molecule has 3 rings (SSSR count). The molecular formula is C15H14INO. The van der Waals surface area contributed by atoms with Gasteiger partial charge in [-0.15, -0.1) is 0 Å². The largest absolute Gasteiger partial charge is 0.508 e. The van der Waals surface area contributed by atoms with Crippen molar-refractivity contribution in [3.63, 3.8) is 0 Å². The zero-order valence-corrected chi connectivity index (χ0v) is 12.0. The molecule has 2 aromatic rings. The second-order valence-corrected chi connectivity index (χ2v) is 5.72. The van der Waals surface area contributed by atoms with Crippen LogP contribution in [-0.4, -0.2) is 5.11 Å². The number of hydrogen-bond acceptors (Lipinski definition) is 2. The fraction of sp³-hybridized carbons (Fsp3) is 0.200. The smallest absolute Gasteiger partial charge is 0.119 e. The van der Waals surface area contributed by atoms with Crippen molar-refractivity contribution in [2.75, 3.05) is 5.32 Å². The molecule has 2 N–H and O–H groups in total. The molecule has 0 aliphatic heterocycles. The van der Waals surface area contributed by atoms with Crippen LogP contribution in [0.25, 0.3) is 0 Å². The van der Waals surface area contributed by atoms with Gasteiger partial charge in [0.25, 0.3) is 0 Å². The molecule has 18 heavy (non-hydrogen) atoms. The van der Waals surface area contributed by atoms with E-state index in [2.05, 4.69) is 46.1 Å². The third-order valence-electron chi connectivity index (χ3n) is 3.45. The van der Waals surface area contributed by atoms with E-state index in [0.29, 0.717) is 11.8 Å². The molecule has 0 amide bonds. The van der Waals surface area contributed by atoms with Gasteiger partial charge in [-0.2, -0.15) is 0 Å². The molecule has 3 heteroatoms. The van der Waals surface area contributed by atoms with Crippen molar-refractivity contribution in [1.82, 2.24) is 0 Å². The van der Waals surface area contributed by atoms with Crippen LogP contribution in [0.3, 0.4) is 0 Å². The van der Waals surface area contributed by atoms with E-state index in [1.54, 1.807) is 6.07 Å². The number of anilines is 1. The second-order valence-electron chi connectivity index (χ2n) is 4.56. The standard InChI is InChI=1S/C15H14INO/c16-12-5-1-2-6-14(12)17-13-9-8-11-10(13)4-3-7-15(11)18/h1-7,13,17-18H,8-9H2. The maximum Gasteiger partial charge on any atom is 0.119 e. The van der Waals surface area contributed by atoms with Crippen LogP contribution in [0.2, 0.25) is 0 Å². The van der Waals surface area contributed by atoms with Gasteiger partial charge in [-0.25, -0.2) is 0 Å². The summed E-state index contributed by atoms with van der Waals surface area (Å²) in [5.74, 6) is 0.430. The molecule has 0 radical (unpaired) electrons. The fourth-order valence-corrected chi connectivity index (χ4v) is 3.09. The molecule has 1 aliphatic carbocycles. The van der Waals surface area contributed by atoms with Crippen LogP contribution in [0.15, 0.2) is 42.5 Å². The highest BCUT2D eigenvalue weighted by atomic mass is 127. The van der Waals surface area contributed by atoms with Crippen molar-refractivity contribution in [3.05, 3.63) is 57.2 Å². The molecule has 2 nitrogen and oxygen atoms in total. The van der Waals surface area contributed by atoms with Crippen LogP contribution in [0.4, 0.5) is 5.69 Å². The lowest BCUT2D eigenvalue weighted by Gasteiger charge is -2.16. The molecule has 0 saturated carbocycles. The minimum atomic E-state index is 0.308. The summed E-state index contributed by atoms with van der Waals surface area (Å²) in [6.07, 6.45) is 1.99. The number of aromatic hydroxyl groups is 1. The normalized spacial score (nSPS) is 17.5. The molecule has 1 unspecified atom stereocenters. The van der Waals surface area contributed by atoms with Gasteiger partial charge in [0.2, 0.25) is 0 Å². The summed E-state index contributed by atoms with van der Waals surface area (Å²) >= 11 is 2.34. The molecule has 0 saturated heterocycles. The zero-order chi connectivity index (χ0) is 12.5. The van der Waals surface area contributed by atoms with E-state index in [0.717, 1.165) is 18.4 Å². The van der Waals surface area contributed by atoms with E-state index in [-0.39, 0.29) is 0 Å². The van der Waals surface area contributed by atoms with Crippen molar-refractivity contribution in [3.8, 4) is 5.75 Å². The van der Waals surface area contributed by atoms with Crippen molar-refractivity contribution in [2.45, 2.75) is 18.9 Å². The maximum absolute atomic E-state index is 9.84. The summed E-state index contributed by atoms with van der Waals surface area (Å²) in [6, 6.07) is 14.4. The molecule has 0 heterocycles. The van der Waals surface area contributed by atoms with Crippen LogP contribution in [0.5, 0.6) is 5.75 Å². The minimum absolute atomic E-state index is 0.308. The van der Waals surface area contributed by atoms with Gasteiger partial charge in [0.15, 0.2) is 0 Å². The lowest BCUT2D eigenvalue weighted by molar-refractivity contribution is 0.469. The summed E-state index contributed by atoms with van der Waals surface area (Å²) in [4.78, 5) is 0. The van der Waals surface area contributed by atoms with Gasteiger partial charge in [-0.1, -0.05) is 24.3 Å². The molecule has 1 aliphatic rings. The van der Waals surface area contributed by atoms with Crippen molar-refractivity contribution in [2.24, 2.45) is 0 Å². The van der Waals surface area contributed by atoms with Crippen molar-refractivity contribution < 1.29 is 5.11 Å². The van der Waals surface area contributed by atoms with Gasteiger partial charge in [0, 0.05) is 9.26 Å². The molecule has 2 aromatic carbocycles. The molecule has 0 fully saturated rings. The van der Waals surface area contributed by atoms with Crippen molar-refractivity contribution >= 4 is 28.3 Å². The Morgan fingerprint density at radius 3 is 2.78 bits per heavy atom. The first-order chi connectivity index (χ1) is 8.75. The Balaban J connectivity index is 1.90. The van der Waals surface area contributed by atoms with E-state index in [1.807, 2.05) is 18.2 Å². The topological polar surface area (TPSA) is 32.3 Å². The third-order valence-corrected chi connectivity index (χ3v) is 4.39. The SMILES string of the molecule is Oc1cccc2c1CCC2Nc1ccccc1I. The lowest BCUT2D eigenvalue weighted by Crippen LogP contribution is -2.07. The number of rotatable bonds is 2. The summed E-state index contributed by atoms with van der Waals surface area (Å²) in [7, 11) is 0. The maximum atomic E-state index is 9.84. The highest BCUT2D eigenvalue weighted by Crippen LogP contribution is 2.38. The average Bonchev–Trinajstić information content (AvgIpc) is 2.77. The monoisotopic (exact) mass is 351 g/mol. The average molecular weight is 351 g/mol. The van der Waals surface area contributed by atoms with Gasteiger partial charge >= 0.3 is 0 Å². The van der Waals surface area contributed by atoms with Gasteiger partial charge < -0.3 is 10.4 Å². The Hall–Kier alpha value is -1.23. The predicted molar refractivity (Wildman–Crippen MR) is 82.0 cm³/mol. The van der Waals surface area contributed by atoms with Crippen LogP contribution in [0, 0.1) is 3.57 Å². The van der Waals surface area contributed by atoms with Gasteiger partial charge in [0.1, 0.15) is 5.75 Å². The molecule has 0 bridgehead atoms. The minimum Gasteiger partial charge on any atom is -0.508 e. The molecular weight excluding hydrogens is 337 g/mol. The summed E-state index contributed by atoms with van der Waals surface area (Å²) in [6.45, 7) is 0. The highest BCUT2D eigenvalue weighted by Gasteiger charge is 2.24. The summed E-state index contributed by atoms with van der Waals surface area (Å²) in [5, 5.41) is 13.4. The first-order valence-corrected chi connectivity index (χ1v) is 7.15. The van der Waals surface area contributed by atoms with Gasteiger partial charge in [-0.3, -0.25) is 0 Å². The van der Waals surface area contributed by atoms with Gasteiger partial charge in [0.05, 0.1) is 6.04 Å². The summed E-state index contributed by atoms with van der Waals surface area (Å²) < 4.78 is 1.23. The number of para-hydroxylation sites is 1. The van der Waals surface area contributed by atoms with E-state index in [4.69, 9.17) is 0 Å². The second kappa shape index (κ2) is 4.80. The molecule has 0 spiro atoms. The van der Waals surface area contributed by atoms with Crippen LogP contribution >= 0.6 is 22.6 Å². The number of phenolic OH excluding ortho intramolecular Hbond substituents is 1. The first-order valence-electron chi connectivity index (χ1n) is 6.07. The van der Waals surface area contributed by atoms with Crippen LogP contribution in [-0.2, 0) is 6.42 Å². The third kappa shape index (κ3) is 2.07. The Bertz CT molecular complexity index is 582. The number of hydrogen-bond donors (Lipinski definition) is 2. The fourth-order valence-electron chi connectivity index (χ4n) is 2.55. The Morgan fingerprint density at radius 2 is 1.94 bits per heavy atom. The Kier molecular flexibility index (Phi) is 3.16. The van der Waals surface area contributed by atoms with E-state index >= 15 is 0 Å². The number of halogens is 1. The number of fused-ring (bicyclic) bond motifs is 1. The quantitative estimate of drug-likeness (QED) is 0.799. The first kappa shape index (κ1) is 11.8. The lowest BCUT2D eigenvalue weighted by atomic mass is 10.1. The van der Waals surface area contributed by atoms with E-state index in [9.17, 15) is 5.11 Å². The van der Waals surface area contributed by atoms with Gasteiger partial charge in [-0.05, 0) is 64.8 Å². The Labute approximate surface area is 120 Å². The molecule has 92 valence electrons. The number of phenols is 1. The summed E-state index contributed by atoms with van der Waals surface area (Å²) in [5.41, 5.74) is 3.50. The van der Waals surface area contributed by atoms with Crippen LogP contribution < -0.4 is 5.32 Å². The predicted octanol–water partition coefficient (Wildman–Crippen LogP) is 4.10. The zero-order valence-electron chi connectivity index (χ0n) is 9.86. The van der Waals surface area contributed by atoms with E-state index < -0.39 is 0 Å². The number of nitrogens with one attached hydrogen (secondary N) is 1. The molecule has 0 aromatic heterocycles. The molecule has 1 atom stereocenters. The van der Waals surface area contributed by atoms with Crippen molar-refractivity contribution in [1.29, 1.82) is 0 Å². The Morgan fingerprint density at radius 1 is 1.11 bits per heavy atom. The highest BCUT2D eigenvalue weighted by molar-refractivity contribution is 14.1. The van der Waals surface area contributed by atoms with Crippen LogP contribution in [0.1, 0.15) is 23.6 Å².